The summed E-state index contributed by atoms with van der Waals surface area (Å²) in [5.74, 6) is -0.0809. The van der Waals surface area contributed by atoms with E-state index >= 15 is 0 Å². The summed E-state index contributed by atoms with van der Waals surface area (Å²) >= 11 is 1.21. The van der Waals surface area contributed by atoms with Gasteiger partial charge in [0.1, 0.15) is 16.0 Å². The van der Waals surface area contributed by atoms with Crippen LogP contribution in [-0.2, 0) is 0 Å². The van der Waals surface area contributed by atoms with Crippen LogP contribution in [0.4, 0.5) is 0 Å². The molecule has 102 valence electrons. The molecular weight excluding hydrogens is 276 g/mol. The minimum Gasteiger partial charge on any atom is -0.477 e. The molecule has 0 saturated heterocycles. The maximum Gasteiger partial charge on any atom is 0.345 e. The molecule has 0 spiro atoms. The topological polar surface area (TPSA) is 80.9 Å². The van der Waals surface area contributed by atoms with Gasteiger partial charge in [-0.3, -0.25) is 0 Å². The first kappa shape index (κ1) is 12.7. The van der Waals surface area contributed by atoms with Gasteiger partial charge < -0.3 is 5.11 Å². The Labute approximate surface area is 118 Å². The summed E-state index contributed by atoms with van der Waals surface area (Å²) in [7, 11) is 0. The molecule has 1 N–H and O–H groups in total. The first-order valence-electron chi connectivity index (χ1n) is 6.10. The molecular formula is C13H12N4O2S. The highest BCUT2D eigenvalue weighted by atomic mass is 32.1. The van der Waals surface area contributed by atoms with E-state index in [1.54, 1.807) is 23.0 Å². The molecule has 3 rings (SSSR count). The predicted molar refractivity (Wildman–Crippen MR) is 75.6 cm³/mol. The fourth-order valence-corrected chi connectivity index (χ4v) is 2.99. The van der Waals surface area contributed by atoms with Gasteiger partial charge in [-0.25, -0.2) is 19.4 Å². The normalized spacial score (nSPS) is 11.3. The number of carboxylic acid groups (broad SMARTS) is 1. The van der Waals surface area contributed by atoms with E-state index in [2.05, 4.69) is 15.1 Å². The number of thiophene rings is 1. The van der Waals surface area contributed by atoms with Gasteiger partial charge in [0, 0.05) is 17.6 Å². The highest BCUT2D eigenvalue weighted by molar-refractivity contribution is 7.20. The van der Waals surface area contributed by atoms with Crippen LogP contribution in [0.2, 0.25) is 0 Å². The van der Waals surface area contributed by atoms with Crippen LogP contribution in [0.3, 0.4) is 0 Å². The highest BCUT2D eigenvalue weighted by Crippen LogP contribution is 2.33. The molecule has 0 atom stereocenters. The number of aromatic nitrogens is 4. The summed E-state index contributed by atoms with van der Waals surface area (Å²) in [5.41, 5.74) is 0.877. The molecule has 0 bridgehead atoms. The molecule has 0 fully saturated rings. The van der Waals surface area contributed by atoms with E-state index in [1.807, 2.05) is 13.8 Å². The number of hydrogen-bond acceptors (Lipinski definition) is 5. The summed E-state index contributed by atoms with van der Waals surface area (Å²) in [6, 6.07) is 3.43. The van der Waals surface area contributed by atoms with Gasteiger partial charge in [0.15, 0.2) is 5.82 Å². The molecule has 0 saturated carbocycles. The Hall–Kier alpha value is -2.28. The van der Waals surface area contributed by atoms with Crippen molar-refractivity contribution in [1.29, 1.82) is 0 Å². The van der Waals surface area contributed by atoms with E-state index in [0.29, 0.717) is 10.7 Å². The van der Waals surface area contributed by atoms with Gasteiger partial charge in [0.2, 0.25) is 0 Å². The summed E-state index contributed by atoms with van der Waals surface area (Å²) in [5, 5.41) is 14.6. The Kier molecular flexibility index (Phi) is 2.98. The quantitative estimate of drug-likeness (QED) is 0.801. The minimum absolute atomic E-state index is 0.205. The van der Waals surface area contributed by atoms with Gasteiger partial charge in [-0.1, -0.05) is 13.8 Å². The van der Waals surface area contributed by atoms with E-state index in [9.17, 15) is 4.79 Å². The maximum atomic E-state index is 11.2. The second kappa shape index (κ2) is 4.68. The van der Waals surface area contributed by atoms with Crippen molar-refractivity contribution in [3.8, 4) is 5.82 Å². The van der Waals surface area contributed by atoms with Crippen LogP contribution in [-0.4, -0.2) is 30.8 Å². The molecule has 3 heterocycles. The Bertz CT molecular complexity index is 776. The minimum atomic E-state index is -0.921. The molecule has 0 aliphatic rings. The molecule has 3 aromatic rings. The zero-order valence-corrected chi connectivity index (χ0v) is 11.8. The fourth-order valence-electron chi connectivity index (χ4n) is 2.03. The Balaban J connectivity index is 2.29. The van der Waals surface area contributed by atoms with Gasteiger partial charge in [0.05, 0.1) is 5.69 Å². The van der Waals surface area contributed by atoms with Crippen molar-refractivity contribution in [1.82, 2.24) is 19.7 Å². The highest BCUT2D eigenvalue weighted by Gasteiger charge is 2.20. The number of fused-ring (bicyclic) bond motifs is 1. The van der Waals surface area contributed by atoms with E-state index in [1.165, 1.54) is 17.7 Å². The van der Waals surface area contributed by atoms with E-state index in [-0.39, 0.29) is 5.92 Å². The molecule has 0 aliphatic carbocycles. The van der Waals surface area contributed by atoms with Crippen LogP contribution in [0.5, 0.6) is 0 Å². The third-order valence-corrected chi connectivity index (χ3v) is 4.03. The third-order valence-electron chi connectivity index (χ3n) is 2.93. The summed E-state index contributed by atoms with van der Waals surface area (Å²) in [6.45, 7) is 4.06. The van der Waals surface area contributed by atoms with E-state index < -0.39 is 5.97 Å². The van der Waals surface area contributed by atoms with Crippen molar-refractivity contribution in [3.63, 3.8) is 0 Å². The van der Waals surface area contributed by atoms with Crippen molar-refractivity contribution < 1.29 is 9.90 Å². The van der Waals surface area contributed by atoms with Crippen LogP contribution in [0.25, 0.3) is 16.0 Å². The van der Waals surface area contributed by atoms with Crippen molar-refractivity contribution in [2.45, 2.75) is 19.8 Å². The van der Waals surface area contributed by atoms with Crippen molar-refractivity contribution in [2.75, 3.05) is 0 Å². The summed E-state index contributed by atoms with van der Waals surface area (Å²) in [6.07, 6.45) is 3.08. The van der Waals surface area contributed by atoms with Gasteiger partial charge in [-0.2, -0.15) is 5.10 Å². The first-order valence-corrected chi connectivity index (χ1v) is 6.91. The Morgan fingerprint density at radius 1 is 1.45 bits per heavy atom. The lowest BCUT2D eigenvalue weighted by Gasteiger charge is -2.01. The van der Waals surface area contributed by atoms with Crippen molar-refractivity contribution >= 4 is 27.5 Å². The number of aromatic carboxylic acids is 1. The second-order valence-corrected chi connectivity index (χ2v) is 5.68. The van der Waals surface area contributed by atoms with Gasteiger partial charge in [-0.15, -0.1) is 11.3 Å². The summed E-state index contributed by atoms with van der Waals surface area (Å²) < 4.78 is 1.68. The Morgan fingerprint density at radius 3 is 2.85 bits per heavy atom. The standard InChI is InChI=1S/C13H12N4O2S/c1-7(2)11-8-5-9(13(18)19)20-12(8)17(16-11)10-3-4-14-6-15-10/h3-7H,1-2H3,(H,18,19). The second-order valence-electron chi connectivity index (χ2n) is 4.65. The number of carboxylic acids is 1. The van der Waals surface area contributed by atoms with Crippen LogP contribution in [0, 0.1) is 0 Å². The smallest absolute Gasteiger partial charge is 0.345 e. The van der Waals surface area contributed by atoms with Crippen LogP contribution < -0.4 is 0 Å². The van der Waals surface area contributed by atoms with E-state index in [0.717, 1.165) is 15.9 Å². The maximum absolute atomic E-state index is 11.2. The molecule has 0 aromatic carbocycles. The van der Waals surface area contributed by atoms with Gasteiger partial charge in [-0.05, 0) is 12.0 Å². The first-order chi connectivity index (χ1) is 9.58. The lowest BCUT2D eigenvalue weighted by molar-refractivity contribution is 0.0702. The molecule has 7 heteroatoms. The predicted octanol–water partition coefficient (Wildman–Crippen LogP) is 2.70. The molecule has 0 unspecified atom stereocenters. The monoisotopic (exact) mass is 288 g/mol. The van der Waals surface area contributed by atoms with Crippen LogP contribution in [0.1, 0.15) is 35.1 Å². The zero-order valence-electron chi connectivity index (χ0n) is 10.9. The molecule has 20 heavy (non-hydrogen) atoms. The number of nitrogens with zero attached hydrogens (tertiary/aromatic N) is 4. The SMILES string of the molecule is CC(C)c1nn(-c2ccncn2)c2sc(C(=O)O)cc12. The van der Waals surface area contributed by atoms with Gasteiger partial charge >= 0.3 is 5.97 Å². The number of carbonyl (C=O) groups is 1. The fraction of sp³-hybridized carbons (Fsp3) is 0.231. The number of rotatable bonds is 3. The molecule has 0 radical (unpaired) electrons. The number of hydrogen-bond donors (Lipinski definition) is 1. The van der Waals surface area contributed by atoms with Crippen molar-refractivity contribution in [3.05, 3.63) is 35.2 Å². The van der Waals surface area contributed by atoms with Gasteiger partial charge in [0.25, 0.3) is 0 Å². The van der Waals surface area contributed by atoms with Crippen LogP contribution in [0.15, 0.2) is 24.7 Å². The zero-order chi connectivity index (χ0) is 14.3. The molecule has 0 amide bonds. The lowest BCUT2D eigenvalue weighted by Crippen LogP contribution is -2.00. The summed E-state index contributed by atoms with van der Waals surface area (Å²) in [4.78, 5) is 20.3. The molecule has 0 aliphatic heterocycles. The third kappa shape index (κ3) is 1.96. The Morgan fingerprint density at radius 2 is 2.25 bits per heavy atom. The molecule has 3 aromatic heterocycles. The average molecular weight is 288 g/mol. The molecule has 6 nitrogen and oxygen atoms in total. The largest absolute Gasteiger partial charge is 0.477 e. The van der Waals surface area contributed by atoms with E-state index in [4.69, 9.17) is 5.11 Å². The van der Waals surface area contributed by atoms with Crippen molar-refractivity contribution in [2.24, 2.45) is 0 Å². The average Bonchev–Trinajstić information content (AvgIpc) is 2.97. The lowest BCUT2D eigenvalue weighted by atomic mass is 10.1. The van der Waals surface area contributed by atoms with Crippen LogP contribution >= 0.6 is 11.3 Å².